The highest BCUT2D eigenvalue weighted by Gasteiger charge is 2.12. The summed E-state index contributed by atoms with van der Waals surface area (Å²) in [5.41, 5.74) is 0. The number of nitrogens with zero attached hydrogens (tertiary/aromatic N) is 6. The lowest BCUT2D eigenvalue weighted by Crippen LogP contribution is -2.25. The second-order valence-electron chi connectivity index (χ2n) is 4.03. The minimum Gasteiger partial charge on any atom is -0.357 e. The van der Waals surface area contributed by atoms with Crippen molar-refractivity contribution >= 4 is 11.9 Å². The second-order valence-corrected chi connectivity index (χ2v) is 4.03. The van der Waals surface area contributed by atoms with Crippen molar-refractivity contribution in [3.8, 4) is 5.95 Å². The van der Waals surface area contributed by atoms with Crippen molar-refractivity contribution in [3.63, 3.8) is 0 Å². The molecule has 0 fully saturated rings. The molecule has 0 radical (unpaired) electrons. The van der Waals surface area contributed by atoms with E-state index in [1.807, 2.05) is 17.7 Å². The summed E-state index contributed by atoms with van der Waals surface area (Å²) in [5.74, 6) is 2.66. The highest BCUT2D eigenvalue weighted by Crippen LogP contribution is 2.13. The Morgan fingerprint density at radius 1 is 1.21 bits per heavy atom. The summed E-state index contributed by atoms with van der Waals surface area (Å²) in [6.07, 6.45) is 3.57. The second kappa shape index (κ2) is 5.64. The molecule has 2 aromatic heterocycles. The zero-order valence-electron chi connectivity index (χ0n) is 11.8. The van der Waals surface area contributed by atoms with E-state index in [4.69, 9.17) is 0 Å². The van der Waals surface area contributed by atoms with E-state index in [9.17, 15) is 0 Å². The summed E-state index contributed by atoms with van der Waals surface area (Å²) < 4.78 is 1.84. The van der Waals surface area contributed by atoms with Crippen LogP contribution in [-0.4, -0.2) is 44.6 Å². The molecule has 0 bridgehead atoms. The fourth-order valence-electron chi connectivity index (χ4n) is 1.81. The van der Waals surface area contributed by atoms with Gasteiger partial charge in [0.2, 0.25) is 17.8 Å². The molecule has 7 nitrogen and oxygen atoms in total. The van der Waals surface area contributed by atoms with Gasteiger partial charge in [-0.05, 0) is 20.8 Å². The van der Waals surface area contributed by atoms with Crippen LogP contribution in [-0.2, 0) is 0 Å². The molecule has 0 aromatic carbocycles. The molecule has 0 atom stereocenters. The molecule has 0 saturated heterocycles. The van der Waals surface area contributed by atoms with Crippen LogP contribution in [0.1, 0.15) is 19.7 Å². The van der Waals surface area contributed by atoms with Gasteiger partial charge in [-0.25, -0.2) is 4.98 Å². The average molecular weight is 261 g/mol. The zero-order chi connectivity index (χ0) is 13.8. The lowest BCUT2D eigenvalue weighted by Gasteiger charge is -2.19. The molecule has 1 N–H and O–H groups in total. The quantitative estimate of drug-likeness (QED) is 0.873. The summed E-state index contributed by atoms with van der Waals surface area (Å²) in [7, 11) is 1.80. The van der Waals surface area contributed by atoms with Crippen molar-refractivity contribution in [2.24, 2.45) is 0 Å². The first-order chi connectivity index (χ1) is 9.19. The molecule has 0 aliphatic rings. The molecule has 7 heteroatoms. The third-order valence-electron chi connectivity index (χ3n) is 2.92. The summed E-state index contributed by atoms with van der Waals surface area (Å²) in [4.78, 5) is 19.5. The molecular weight excluding hydrogens is 242 g/mol. The molecule has 0 unspecified atom stereocenters. The first-order valence-corrected chi connectivity index (χ1v) is 6.38. The summed E-state index contributed by atoms with van der Waals surface area (Å²) in [6.45, 7) is 7.78. The third kappa shape index (κ3) is 2.64. The Morgan fingerprint density at radius 3 is 2.47 bits per heavy atom. The number of aromatic nitrogens is 5. The summed E-state index contributed by atoms with van der Waals surface area (Å²) in [6, 6.07) is 0. The van der Waals surface area contributed by atoms with Gasteiger partial charge >= 0.3 is 0 Å². The van der Waals surface area contributed by atoms with E-state index in [0.717, 1.165) is 18.9 Å². The first kappa shape index (κ1) is 13.3. The molecule has 2 heterocycles. The van der Waals surface area contributed by atoms with E-state index in [1.54, 1.807) is 13.2 Å². The Kier molecular flexibility index (Phi) is 3.94. The van der Waals surface area contributed by atoms with Gasteiger partial charge < -0.3 is 10.2 Å². The Balaban J connectivity index is 2.50. The Bertz CT molecular complexity index is 545. The van der Waals surface area contributed by atoms with Crippen LogP contribution >= 0.6 is 0 Å². The maximum absolute atomic E-state index is 4.51. The SMILES string of the molecule is CCN(CC)c1nc(NC)nc(-n2ccnc2C)n1. The number of nitrogens with one attached hydrogen (secondary N) is 1. The Morgan fingerprint density at radius 2 is 1.95 bits per heavy atom. The predicted octanol–water partition coefficient (Wildman–Crippen LogP) is 1.25. The summed E-state index contributed by atoms with van der Waals surface area (Å²) in [5, 5.41) is 2.97. The maximum atomic E-state index is 4.51. The van der Waals surface area contributed by atoms with E-state index < -0.39 is 0 Å². The number of rotatable bonds is 5. The van der Waals surface area contributed by atoms with E-state index in [0.29, 0.717) is 17.8 Å². The van der Waals surface area contributed by atoms with Gasteiger partial charge in [0, 0.05) is 32.5 Å². The number of hydrogen-bond acceptors (Lipinski definition) is 6. The monoisotopic (exact) mass is 261 g/mol. The normalized spacial score (nSPS) is 10.5. The van der Waals surface area contributed by atoms with Gasteiger partial charge in [-0.15, -0.1) is 0 Å². The van der Waals surface area contributed by atoms with Crippen LogP contribution in [0.4, 0.5) is 11.9 Å². The largest absolute Gasteiger partial charge is 0.357 e. The van der Waals surface area contributed by atoms with Crippen LogP contribution in [0.5, 0.6) is 0 Å². The minimum atomic E-state index is 0.556. The molecule has 2 aromatic rings. The van der Waals surface area contributed by atoms with Gasteiger partial charge in [0.05, 0.1) is 0 Å². The topological polar surface area (TPSA) is 71.8 Å². The predicted molar refractivity (Wildman–Crippen MR) is 74.8 cm³/mol. The Labute approximate surface area is 112 Å². The van der Waals surface area contributed by atoms with Crippen molar-refractivity contribution in [1.29, 1.82) is 0 Å². The van der Waals surface area contributed by atoms with Crippen LogP contribution < -0.4 is 10.2 Å². The molecule has 0 spiro atoms. The molecule has 0 saturated carbocycles. The Hall–Kier alpha value is -2.18. The molecule has 2 rings (SSSR count). The fourth-order valence-corrected chi connectivity index (χ4v) is 1.81. The number of aryl methyl sites for hydroxylation is 1. The highest BCUT2D eigenvalue weighted by molar-refractivity contribution is 5.40. The van der Waals surface area contributed by atoms with Gasteiger partial charge in [0.15, 0.2) is 0 Å². The van der Waals surface area contributed by atoms with E-state index in [2.05, 4.69) is 44.0 Å². The molecule has 102 valence electrons. The van der Waals surface area contributed by atoms with Crippen molar-refractivity contribution in [2.45, 2.75) is 20.8 Å². The van der Waals surface area contributed by atoms with Crippen LogP contribution in [0.25, 0.3) is 5.95 Å². The van der Waals surface area contributed by atoms with Gasteiger partial charge in [0.1, 0.15) is 5.82 Å². The number of hydrogen-bond donors (Lipinski definition) is 1. The molecule has 0 aliphatic carbocycles. The molecule has 0 amide bonds. The van der Waals surface area contributed by atoms with Crippen molar-refractivity contribution in [2.75, 3.05) is 30.4 Å². The van der Waals surface area contributed by atoms with Gasteiger partial charge in [-0.3, -0.25) is 4.57 Å². The molecule has 0 aliphatic heterocycles. The van der Waals surface area contributed by atoms with Gasteiger partial charge in [-0.1, -0.05) is 0 Å². The molecular formula is C12H19N7. The zero-order valence-corrected chi connectivity index (χ0v) is 11.8. The van der Waals surface area contributed by atoms with Crippen LogP contribution in [0, 0.1) is 6.92 Å². The third-order valence-corrected chi connectivity index (χ3v) is 2.92. The smallest absolute Gasteiger partial charge is 0.241 e. The van der Waals surface area contributed by atoms with E-state index >= 15 is 0 Å². The lowest BCUT2D eigenvalue weighted by atomic mass is 10.5. The average Bonchev–Trinajstić information content (AvgIpc) is 2.86. The van der Waals surface area contributed by atoms with E-state index in [-0.39, 0.29) is 0 Å². The van der Waals surface area contributed by atoms with Crippen molar-refractivity contribution < 1.29 is 0 Å². The summed E-state index contributed by atoms with van der Waals surface area (Å²) >= 11 is 0. The van der Waals surface area contributed by atoms with Crippen LogP contribution in [0.3, 0.4) is 0 Å². The standard InChI is InChI=1S/C12H19N7/c1-5-18(6-2)11-15-10(13-4)16-12(17-11)19-8-7-14-9(19)3/h7-8H,5-6H2,1-4H3,(H,13,15,16,17). The van der Waals surface area contributed by atoms with E-state index in [1.165, 1.54) is 0 Å². The lowest BCUT2D eigenvalue weighted by molar-refractivity contribution is 0.789. The van der Waals surface area contributed by atoms with Gasteiger partial charge in [0.25, 0.3) is 0 Å². The highest BCUT2D eigenvalue weighted by atomic mass is 15.3. The van der Waals surface area contributed by atoms with Gasteiger partial charge in [-0.2, -0.15) is 15.0 Å². The number of imidazole rings is 1. The van der Waals surface area contributed by atoms with Crippen LogP contribution in [0.2, 0.25) is 0 Å². The first-order valence-electron chi connectivity index (χ1n) is 6.38. The van der Waals surface area contributed by atoms with Crippen molar-refractivity contribution in [3.05, 3.63) is 18.2 Å². The minimum absolute atomic E-state index is 0.556. The fraction of sp³-hybridized carbons (Fsp3) is 0.500. The number of anilines is 2. The van der Waals surface area contributed by atoms with Crippen LogP contribution in [0.15, 0.2) is 12.4 Å². The molecule has 19 heavy (non-hydrogen) atoms. The van der Waals surface area contributed by atoms with Crippen molar-refractivity contribution in [1.82, 2.24) is 24.5 Å². The maximum Gasteiger partial charge on any atom is 0.241 e.